The van der Waals surface area contributed by atoms with Crippen molar-refractivity contribution in [2.45, 2.75) is 13.3 Å². The predicted octanol–water partition coefficient (Wildman–Crippen LogP) is -0.0210. The molecule has 0 atom stereocenters. The molecular weight excluding hydrogens is 240 g/mol. The molecule has 0 aliphatic carbocycles. The Balaban J connectivity index is 3.46. The fraction of sp³-hybridized carbons (Fsp3) is 1.00. The Hall–Kier alpha value is -0.170. The van der Waals surface area contributed by atoms with E-state index < -0.39 is 9.84 Å². The van der Waals surface area contributed by atoms with E-state index in [1.807, 2.05) is 14.0 Å². The molecule has 0 unspecified atom stereocenters. The lowest BCUT2D eigenvalue weighted by molar-refractivity contribution is 0.161. The van der Waals surface area contributed by atoms with Crippen molar-refractivity contribution >= 4 is 9.84 Å². The van der Waals surface area contributed by atoms with E-state index in [0.29, 0.717) is 18.7 Å². The molecule has 6 heteroatoms. The fourth-order valence-electron chi connectivity index (χ4n) is 1.39. The van der Waals surface area contributed by atoms with Crippen LogP contribution in [0.4, 0.5) is 0 Å². The van der Waals surface area contributed by atoms with E-state index in [2.05, 4.69) is 10.2 Å². The second kappa shape index (κ2) is 9.82. The molecule has 0 radical (unpaired) electrons. The molecule has 0 aromatic heterocycles. The van der Waals surface area contributed by atoms with Gasteiger partial charge in [0.1, 0.15) is 0 Å². The van der Waals surface area contributed by atoms with Gasteiger partial charge in [0.2, 0.25) is 0 Å². The third kappa shape index (κ3) is 10.7. The van der Waals surface area contributed by atoms with E-state index in [1.54, 1.807) is 7.11 Å². The second-order valence-electron chi connectivity index (χ2n) is 4.20. The first kappa shape index (κ1) is 16.8. The lowest BCUT2D eigenvalue weighted by atomic mass is 10.5. The van der Waals surface area contributed by atoms with Gasteiger partial charge < -0.3 is 15.0 Å². The van der Waals surface area contributed by atoms with Gasteiger partial charge in [0.25, 0.3) is 0 Å². The number of methoxy groups -OCH3 is 1. The van der Waals surface area contributed by atoms with Gasteiger partial charge in [0.15, 0.2) is 9.84 Å². The molecule has 17 heavy (non-hydrogen) atoms. The van der Waals surface area contributed by atoms with E-state index in [0.717, 1.165) is 26.2 Å². The highest BCUT2D eigenvalue weighted by atomic mass is 32.2. The molecule has 0 aliphatic heterocycles. The zero-order chi connectivity index (χ0) is 13.1. The van der Waals surface area contributed by atoms with Crippen molar-refractivity contribution in [2.75, 3.05) is 58.4 Å². The van der Waals surface area contributed by atoms with Crippen molar-refractivity contribution in [2.24, 2.45) is 0 Å². The van der Waals surface area contributed by atoms with Crippen LogP contribution in [0.15, 0.2) is 0 Å². The molecule has 0 saturated carbocycles. The van der Waals surface area contributed by atoms with E-state index in [9.17, 15) is 8.42 Å². The van der Waals surface area contributed by atoms with Crippen LogP contribution in [0.1, 0.15) is 13.3 Å². The molecule has 0 fully saturated rings. The van der Waals surface area contributed by atoms with Crippen molar-refractivity contribution in [1.82, 2.24) is 10.2 Å². The van der Waals surface area contributed by atoms with Crippen LogP contribution in [0.25, 0.3) is 0 Å². The Labute approximate surface area is 105 Å². The van der Waals surface area contributed by atoms with Gasteiger partial charge in [-0.2, -0.15) is 0 Å². The Morgan fingerprint density at radius 2 is 1.88 bits per heavy atom. The first-order chi connectivity index (χ1) is 8.02. The molecule has 0 bridgehead atoms. The summed E-state index contributed by atoms with van der Waals surface area (Å²) in [5.41, 5.74) is 0. The smallest absolute Gasteiger partial charge is 0.151 e. The molecule has 0 saturated heterocycles. The summed E-state index contributed by atoms with van der Waals surface area (Å²) in [6.07, 6.45) is 0.697. The molecular formula is C11H26N2O3S. The second-order valence-corrected chi connectivity index (χ2v) is 6.50. The van der Waals surface area contributed by atoms with Crippen molar-refractivity contribution < 1.29 is 13.2 Å². The minimum absolute atomic E-state index is 0.239. The summed E-state index contributed by atoms with van der Waals surface area (Å²) in [5.74, 6) is 0.533. The number of ether oxygens (including phenoxy) is 1. The summed E-state index contributed by atoms with van der Waals surface area (Å²) in [6, 6.07) is 0. The third-order valence-electron chi connectivity index (χ3n) is 2.45. The fourth-order valence-corrected chi connectivity index (χ4v) is 2.68. The van der Waals surface area contributed by atoms with Crippen LogP contribution in [-0.2, 0) is 14.6 Å². The highest BCUT2D eigenvalue weighted by Gasteiger charge is 2.07. The molecule has 0 heterocycles. The Kier molecular flexibility index (Phi) is 9.72. The summed E-state index contributed by atoms with van der Waals surface area (Å²) >= 11 is 0. The third-order valence-corrected chi connectivity index (χ3v) is 4.31. The number of rotatable bonds is 11. The molecule has 0 aromatic rings. The first-order valence-corrected chi connectivity index (χ1v) is 7.92. The van der Waals surface area contributed by atoms with E-state index in [4.69, 9.17) is 4.74 Å². The van der Waals surface area contributed by atoms with Crippen LogP contribution in [0.3, 0.4) is 0 Å². The SMILES string of the molecule is CCCS(=O)(=O)CCNCCN(C)CCOC. The van der Waals surface area contributed by atoms with Crippen LogP contribution in [-0.4, -0.2) is 71.8 Å². The summed E-state index contributed by atoms with van der Waals surface area (Å²) in [7, 11) is 0.865. The summed E-state index contributed by atoms with van der Waals surface area (Å²) < 4.78 is 27.8. The minimum Gasteiger partial charge on any atom is -0.383 e. The molecule has 1 N–H and O–H groups in total. The molecule has 0 aliphatic rings. The number of nitrogens with one attached hydrogen (secondary N) is 1. The standard InChI is InChI=1S/C11H26N2O3S/c1-4-10-17(14,15)11-6-12-5-7-13(2)8-9-16-3/h12H,4-11H2,1-3H3. The summed E-state index contributed by atoms with van der Waals surface area (Å²) in [5, 5.41) is 3.15. The lowest BCUT2D eigenvalue weighted by Crippen LogP contribution is -2.33. The summed E-state index contributed by atoms with van der Waals surface area (Å²) in [4.78, 5) is 2.15. The van der Waals surface area contributed by atoms with Gasteiger partial charge >= 0.3 is 0 Å². The van der Waals surface area contributed by atoms with Gasteiger partial charge in [-0.25, -0.2) is 8.42 Å². The Morgan fingerprint density at radius 3 is 2.47 bits per heavy atom. The number of sulfone groups is 1. The van der Waals surface area contributed by atoms with Crippen LogP contribution < -0.4 is 5.32 Å². The van der Waals surface area contributed by atoms with Crippen LogP contribution >= 0.6 is 0 Å². The van der Waals surface area contributed by atoms with Crippen molar-refractivity contribution in [3.8, 4) is 0 Å². The van der Waals surface area contributed by atoms with Crippen LogP contribution in [0.5, 0.6) is 0 Å². The van der Waals surface area contributed by atoms with Gasteiger partial charge in [-0.15, -0.1) is 0 Å². The van der Waals surface area contributed by atoms with Crippen molar-refractivity contribution in [3.63, 3.8) is 0 Å². The lowest BCUT2D eigenvalue weighted by Gasteiger charge is -2.16. The van der Waals surface area contributed by atoms with Crippen molar-refractivity contribution in [1.29, 1.82) is 0 Å². The van der Waals surface area contributed by atoms with Gasteiger partial charge in [-0.3, -0.25) is 0 Å². The molecule has 104 valence electrons. The minimum atomic E-state index is -2.84. The molecule has 0 amide bonds. The van der Waals surface area contributed by atoms with Gasteiger partial charge in [-0.05, 0) is 13.5 Å². The average molecular weight is 266 g/mol. The maximum Gasteiger partial charge on any atom is 0.151 e. The maximum absolute atomic E-state index is 11.4. The molecule has 0 aromatic carbocycles. The van der Waals surface area contributed by atoms with Crippen molar-refractivity contribution in [3.05, 3.63) is 0 Å². The van der Waals surface area contributed by atoms with E-state index >= 15 is 0 Å². The number of likely N-dealkylation sites (N-methyl/N-ethyl adjacent to an activating group) is 1. The number of hydrogen-bond acceptors (Lipinski definition) is 5. The van der Waals surface area contributed by atoms with Gasteiger partial charge in [0, 0.05) is 39.0 Å². The highest BCUT2D eigenvalue weighted by Crippen LogP contribution is 1.91. The van der Waals surface area contributed by atoms with E-state index in [-0.39, 0.29) is 5.75 Å². The first-order valence-electron chi connectivity index (χ1n) is 6.10. The highest BCUT2D eigenvalue weighted by molar-refractivity contribution is 7.91. The van der Waals surface area contributed by atoms with Crippen LogP contribution in [0.2, 0.25) is 0 Å². The molecule has 0 spiro atoms. The van der Waals surface area contributed by atoms with Gasteiger partial charge in [0.05, 0.1) is 12.4 Å². The monoisotopic (exact) mass is 266 g/mol. The number of nitrogens with zero attached hydrogens (tertiary/aromatic N) is 1. The van der Waals surface area contributed by atoms with Gasteiger partial charge in [-0.1, -0.05) is 6.92 Å². The Morgan fingerprint density at radius 1 is 1.18 bits per heavy atom. The zero-order valence-corrected chi connectivity index (χ0v) is 12.1. The largest absolute Gasteiger partial charge is 0.383 e. The topological polar surface area (TPSA) is 58.6 Å². The average Bonchev–Trinajstić information content (AvgIpc) is 2.25. The predicted molar refractivity (Wildman–Crippen MR) is 71.2 cm³/mol. The zero-order valence-electron chi connectivity index (χ0n) is 11.2. The molecule has 0 rings (SSSR count). The molecule has 5 nitrogen and oxygen atoms in total. The normalized spacial score (nSPS) is 12.2. The quantitative estimate of drug-likeness (QED) is 0.533. The van der Waals surface area contributed by atoms with Crippen LogP contribution in [0, 0.1) is 0 Å². The number of hydrogen-bond donors (Lipinski definition) is 1. The van der Waals surface area contributed by atoms with E-state index in [1.165, 1.54) is 0 Å². The maximum atomic E-state index is 11.4. The Bertz CT molecular complexity index is 268. The summed E-state index contributed by atoms with van der Waals surface area (Å²) in [6.45, 7) is 5.75.